The number of aromatic nitrogens is 2. The van der Waals surface area contributed by atoms with Gasteiger partial charge in [0.25, 0.3) is 5.91 Å². The van der Waals surface area contributed by atoms with Gasteiger partial charge < -0.3 is 14.2 Å². The van der Waals surface area contributed by atoms with Gasteiger partial charge >= 0.3 is 0 Å². The van der Waals surface area contributed by atoms with Gasteiger partial charge in [0.2, 0.25) is 0 Å². The molecule has 2 aliphatic rings. The van der Waals surface area contributed by atoms with Crippen LogP contribution in [0.1, 0.15) is 27.5 Å². The standard InChI is InChI=1S/C17H23N5O2/c1-20-6-8-22(9-7-20)17(23)16-14-12-21(5-4-15(14)18-19-16)11-13-3-2-10-24-13/h2-3,10H,4-9,11-12H2,1H3,(H,18,19). The molecule has 2 aliphatic heterocycles. The van der Waals surface area contributed by atoms with Crippen LogP contribution in [-0.4, -0.2) is 70.6 Å². The van der Waals surface area contributed by atoms with E-state index in [1.54, 1.807) is 6.26 Å². The molecule has 0 radical (unpaired) electrons. The number of carbonyl (C=O) groups excluding carboxylic acids is 1. The smallest absolute Gasteiger partial charge is 0.274 e. The third-order valence-corrected chi connectivity index (χ3v) is 4.97. The van der Waals surface area contributed by atoms with Crippen LogP contribution < -0.4 is 0 Å². The highest BCUT2D eigenvalue weighted by Gasteiger charge is 2.29. The van der Waals surface area contributed by atoms with E-state index in [1.807, 2.05) is 17.0 Å². The lowest BCUT2D eigenvalue weighted by atomic mass is 10.0. The molecule has 0 bridgehead atoms. The number of nitrogens with zero attached hydrogens (tertiary/aromatic N) is 4. The van der Waals surface area contributed by atoms with E-state index in [-0.39, 0.29) is 5.91 Å². The van der Waals surface area contributed by atoms with Crippen LogP contribution >= 0.6 is 0 Å². The number of likely N-dealkylation sites (N-methyl/N-ethyl adjacent to an activating group) is 1. The molecule has 2 aromatic rings. The van der Waals surface area contributed by atoms with Gasteiger partial charge in [0.15, 0.2) is 5.69 Å². The predicted octanol–water partition coefficient (Wildman–Crippen LogP) is 0.949. The van der Waals surface area contributed by atoms with Crippen molar-refractivity contribution < 1.29 is 9.21 Å². The van der Waals surface area contributed by atoms with Crippen molar-refractivity contribution in [1.29, 1.82) is 0 Å². The molecule has 0 atom stereocenters. The summed E-state index contributed by atoms with van der Waals surface area (Å²) in [6.45, 7) is 5.82. The van der Waals surface area contributed by atoms with Crippen molar-refractivity contribution in [1.82, 2.24) is 24.9 Å². The number of nitrogens with one attached hydrogen (secondary N) is 1. The highest BCUT2D eigenvalue weighted by molar-refractivity contribution is 5.94. The van der Waals surface area contributed by atoms with Crippen LogP contribution in [0.15, 0.2) is 22.8 Å². The number of carbonyl (C=O) groups is 1. The molecule has 0 unspecified atom stereocenters. The Morgan fingerprint density at radius 2 is 2.12 bits per heavy atom. The second-order valence-corrected chi connectivity index (χ2v) is 6.66. The number of furan rings is 1. The first-order valence-corrected chi connectivity index (χ1v) is 8.49. The van der Waals surface area contributed by atoms with E-state index in [4.69, 9.17) is 4.42 Å². The number of amides is 1. The Hall–Kier alpha value is -2.12. The van der Waals surface area contributed by atoms with Gasteiger partial charge in [0.05, 0.1) is 12.8 Å². The molecule has 1 N–H and O–H groups in total. The maximum Gasteiger partial charge on any atom is 0.274 e. The minimum absolute atomic E-state index is 0.0560. The maximum atomic E-state index is 12.9. The largest absolute Gasteiger partial charge is 0.468 e. The number of piperazine rings is 1. The Labute approximate surface area is 141 Å². The van der Waals surface area contributed by atoms with Crippen LogP contribution in [0.5, 0.6) is 0 Å². The predicted molar refractivity (Wildman–Crippen MR) is 88.5 cm³/mol. The maximum absolute atomic E-state index is 12.9. The van der Waals surface area contributed by atoms with E-state index in [0.29, 0.717) is 5.69 Å². The molecule has 1 fully saturated rings. The molecule has 1 saturated heterocycles. The van der Waals surface area contributed by atoms with E-state index >= 15 is 0 Å². The topological polar surface area (TPSA) is 68.6 Å². The van der Waals surface area contributed by atoms with Crippen LogP contribution in [0, 0.1) is 0 Å². The van der Waals surface area contributed by atoms with Crippen molar-refractivity contribution in [3.63, 3.8) is 0 Å². The summed E-state index contributed by atoms with van der Waals surface area (Å²) < 4.78 is 5.44. The molecular formula is C17H23N5O2. The number of hydrogen-bond donors (Lipinski definition) is 1. The van der Waals surface area contributed by atoms with Gasteiger partial charge in [-0.25, -0.2) is 0 Å². The number of rotatable bonds is 3. The molecule has 0 aliphatic carbocycles. The normalized spacial score (nSPS) is 19.5. The van der Waals surface area contributed by atoms with E-state index in [9.17, 15) is 4.79 Å². The van der Waals surface area contributed by atoms with Gasteiger partial charge in [-0.3, -0.25) is 14.8 Å². The molecule has 0 saturated carbocycles. The first-order valence-electron chi connectivity index (χ1n) is 8.49. The summed E-state index contributed by atoms with van der Waals surface area (Å²) >= 11 is 0. The SMILES string of the molecule is CN1CCN(C(=O)c2n[nH]c3c2CN(Cc2ccco2)CC3)CC1. The molecular weight excluding hydrogens is 306 g/mol. The van der Waals surface area contributed by atoms with Crippen LogP contribution in [-0.2, 0) is 19.5 Å². The minimum atomic E-state index is 0.0560. The average Bonchev–Trinajstić information content (AvgIpc) is 3.24. The quantitative estimate of drug-likeness (QED) is 0.908. The third kappa shape index (κ3) is 2.97. The van der Waals surface area contributed by atoms with Gasteiger partial charge in [-0.05, 0) is 19.2 Å². The fourth-order valence-electron chi connectivity index (χ4n) is 3.45. The number of aromatic amines is 1. The Morgan fingerprint density at radius 3 is 2.88 bits per heavy atom. The monoisotopic (exact) mass is 329 g/mol. The van der Waals surface area contributed by atoms with Gasteiger partial charge in [-0.2, -0.15) is 5.10 Å². The van der Waals surface area contributed by atoms with Gasteiger partial charge in [0.1, 0.15) is 5.76 Å². The number of fused-ring (bicyclic) bond motifs is 1. The van der Waals surface area contributed by atoms with Crippen LogP contribution in [0.3, 0.4) is 0 Å². The van der Waals surface area contributed by atoms with Crippen LogP contribution in [0.4, 0.5) is 0 Å². The molecule has 7 heteroatoms. The van der Waals surface area contributed by atoms with Gasteiger partial charge in [0, 0.05) is 56.9 Å². The Balaban J connectivity index is 1.49. The second kappa shape index (κ2) is 6.41. The number of H-pyrrole nitrogens is 1. The van der Waals surface area contributed by atoms with Crippen molar-refractivity contribution in [3.05, 3.63) is 41.1 Å². The zero-order valence-corrected chi connectivity index (χ0v) is 14.0. The molecule has 128 valence electrons. The van der Waals surface area contributed by atoms with Crippen molar-refractivity contribution in [2.24, 2.45) is 0 Å². The summed E-state index contributed by atoms with van der Waals surface area (Å²) in [5.41, 5.74) is 2.75. The lowest BCUT2D eigenvalue weighted by Gasteiger charge is -2.32. The zero-order chi connectivity index (χ0) is 16.5. The summed E-state index contributed by atoms with van der Waals surface area (Å²) in [6.07, 6.45) is 2.59. The first-order chi connectivity index (χ1) is 11.7. The summed E-state index contributed by atoms with van der Waals surface area (Å²) in [5.74, 6) is 1.01. The highest BCUT2D eigenvalue weighted by Crippen LogP contribution is 2.23. The fraction of sp³-hybridized carbons (Fsp3) is 0.529. The average molecular weight is 329 g/mol. The minimum Gasteiger partial charge on any atom is -0.468 e. The van der Waals surface area contributed by atoms with E-state index in [0.717, 1.165) is 69.3 Å². The summed E-state index contributed by atoms with van der Waals surface area (Å²) in [6, 6.07) is 3.89. The van der Waals surface area contributed by atoms with E-state index in [2.05, 4.69) is 27.0 Å². The molecule has 4 heterocycles. The molecule has 24 heavy (non-hydrogen) atoms. The lowest BCUT2D eigenvalue weighted by Crippen LogP contribution is -2.47. The van der Waals surface area contributed by atoms with E-state index < -0.39 is 0 Å². The zero-order valence-electron chi connectivity index (χ0n) is 14.0. The summed E-state index contributed by atoms with van der Waals surface area (Å²) in [5, 5.41) is 7.42. The molecule has 0 aromatic carbocycles. The van der Waals surface area contributed by atoms with Crippen molar-refractivity contribution in [2.45, 2.75) is 19.5 Å². The Kier molecular flexibility index (Phi) is 4.12. The molecule has 7 nitrogen and oxygen atoms in total. The fourth-order valence-corrected chi connectivity index (χ4v) is 3.45. The van der Waals surface area contributed by atoms with Crippen LogP contribution in [0.25, 0.3) is 0 Å². The van der Waals surface area contributed by atoms with Gasteiger partial charge in [-0.1, -0.05) is 0 Å². The molecule has 4 rings (SSSR count). The summed E-state index contributed by atoms with van der Waals surface area (Å²) in [7, 11) is 2.09. The lowest BCUT2D eigenvalue weighted by molar-refractivity contribution is 0.0655. The van der Waals surface area contributed by atoms with Gasteiger partial charge in [-0.15, -0.1) is 0 Å². The second-order valence-electron chi connectivity index (χ2n) is 6.66. The van der Waals surface area contributed by atoms with Crippen molar-refractivity contribution in [3.8, 4) is 0 Å². The Bertz CT molecular complexity index is 701. The van der Waals surface area contributed by atoms with E-state index in [1.165, 1.54) is 0 Å². The molecule has 0 spiro atoms. The first kappa shape index (κ1) is 15.4. The molecule has 1 amide bonds. The Morgan fingerprint density at radius 1 is 1.29 bits per heavy atom. The third-order valence-electron chi connectivity index (χ3n) is 4.97. The highest BCUT2D eigenvalue weighted by atomic mass is 16.3. The summed E-state index contributed by atoms with van der Waals surface area (Å²) in [4.78, 5) is 19.3. The van der Waals surface area contributed by atoms with Crippen LogP contribution in [0.2, 0.25) is 0 Å². The number of hydrogen-bond acceptors (Lipinski definition) is 5. The molecule has 2 aromatic heterocycles. The van der Waals surface area contributed by atoms with Crippen molar-refractivity contribution >= 4 is 5.91 Å². The van der Waals surface area contributed by atoms with Crippen molar-refractivity contribution in [2.75, 3.05) is 39.8 Å².